The van der Waals surface area contributed by atoms with Crippen LogP contribution in [0.1, 0.15) is 12.7 Å². The minimum absolute atomic E-state index is 0.198. The maximum Gasteiger partial charge on any atom is 0.265 e. The van der Waals surface area contributed by atoms with Gasteiger partial charge >= 0.3 is 0 Å². The third kappa shape index (κ3) is 5.37. The molecule has 1 unspecified atom stereocenters. The average Bonchev–Trinajstić information content (AvgIpc) is 3.41. The zero-order valence-corrected chi connectivity index (χ0v) is 23.5. The number of benzene rings is 3. The normalized spacial score (nSPS) is 12.0. The van der Waals surface area contributed by atoms with E-state index in [-0.39, 0.29) is 17.0 Å². The Kier molecular flexibility index (Phi) is 7.12. The molecule has 0 radical (unpaired) electrons. The number of nitrogen functional groups attached to an aromatic ring is 1. The third-order valence-electron chi connectivity index (χ3n) is 6.59. The van der Waals surface area contributed by atoms with Crippen molar-refractivity contribution in [2.24, 2.45) is 0 Å². The number of fused-ring (bicyclic) bond motifs is 2. The molecule has 1 amide bonds. The molecule has 3 aromatic carbocycles. The van der Waals surface area contributed by atoms with E-state index in [0.29, 0.717) is 49.8 Å². The minimum atomic E-state index is -0.451. The lowest BCUT2D eigenvalue weighted by molar-refractivity contribution is -0.115. The van der Waals surface area contributed by atoms with E-state index in [9.17, 15) is 14.4 Å². The molecule has 0 bridgehead atoms. The van der Waals surface area contributed by atoms with Crippen LogP contribution in [-0.2, 0) is 10.5 Å². The summed E-state index contributed by atoms with van der Waals surface area (Å²) in [6.07, 6.45) is 1.46. The van der Waals surface area contributed by atoms with Gasteiger partial charge in [0.1, 0.15) is 17.0 Å². The lowest BCUT2D eigenvalue weighted by atomic mass is 10.1. The molecule has 0 fully saturated rings. The molecule has 0 saturated heterocycles. The number of hydrogen-bond acceptors (Lipinski definition) is 8. The Labute approximate surface area is 242 Å². The van der Waals surface area contributed by atoms with E-state index in [2.05, 4.69) is 20.3 Å². The highest BCUT2D eigenvalue weighted by Gasteiger charge is 2.17. The number of nitrogens with one attached hydrogen (secondary N) is 2. The van der Waals surface area contributed by atoms with Gasteiger partial charge in [0.15, 0.2) is 0 Å². The Morgan fingerprint density at radius 3 is 2.73 bits per heavy atom. The predicted molar refractivity (Wildman–Crippen MR) is 167 cm³/mol. The number of thiophene rings is 1. The van der Waals surface area contributed by atoms with Crippen molar-refractivity contribution < 1.29 is 4.79 Å². The van der Waals surface area contributed by atoms with E-state index < -0.39 is 5.25 Å². The molecule has 4 N–H and O–H groups in total. The van der Waals surface area contributed by atoms with Crippen molar-refractivity contribution in [3.8, 4) is 16.8 Å². The fraction of sp³-hybridized carbons (Fsp3) is 0.100. The van der Waals surface area contributed by atoms with Crippen molar-refractivity contribution in [3.05, 3.63) is 111 Å². The number of carbonyl (C=O) groups excluding carboxylic acids is 1. The van der Waals surface area contributed by atoms with Crippen LogP contribution in [0.5, 0.6) is 0 Å². The lowest BCUT2D eigenvalue weighted by Crippen LogP contribution is -2.23. The van der Waals surface area contributed by atoms with Crippen LogP contribution in [0.4, 0.5) is 11.4 Å². The zero-order valence-electron chi connectivity index (χ0n) is 21.8. The summed E-state index contributed by atoms with van der Waals surface area (Å²) in [6.45, 7) is 1.78. The third-order valence-corrected chi connectivity index (χ3v) is 8.62. The van der Waals surface area contributed by atoms with E-state index >= 15 is 0 Å². The highest BCUT2D eigenvalue weighted by atomic mass is 32.2. The molecule has 3 aromatic heterocycles. The lowest BCUT2D eigenvalue weighted by Gasteiger charge is -2.13. The summed E-state index contributed by atoms with van der Waals surface area (Å²) in [5, 5.41) is 5.31. The smallest absolute Gasteiger partial charge is 0.265 e. The van der Waals surface area contributed by atoms with Crippen LogP contribution in [0.15, 0.2) is 94.1 Å². The molecule has 204 valence electrons. The molecule has 0 saturated carbocycles. The number of rotatable bonds is 7. The number of aromatic amines is 1. The fourth-order valence-electron chi connectivity index (χ4n) is 4.47. The van der Waals surface area contributed by atoms with Crippen LogP contribution in [0.25, 0.3) is 37.9 Å². The molecule has 9 nitrogen and oxygen atoms in total. The number of H-pyrrole nitrogens is 1. The van der Waals surface area contributed by atoms with E-state index in [1.54, 1.807) is 49.4 Å². The van der Waals surface area contributed by atoms with Gasteiger partial charge < -0.3 is 16.0 Å². The molecule has 0 spiro atoms. The molecule has 0 aliphatic carbocycles. The Morgan fingerprint density at radius 2 is 1.93 bits per heavy atom. The van der Waals surface area contributed by atoms with Crippen molar-refractivity contribution in [1.29, 1.82) is 0 Å². The van der Waals surface area contributed by atoms with Crippen LogP contribution in [0, 0.1) is 0 Å². The van der Waals surface area contributed by atoms with E-state index in [1.165, 1.54) is 34.0 Å². The van der Waals surface area contributed by atoms with Gasteiger partial charge in [0, 0.05) is 22.3 Å². The molecular weight excluding hydrogens is 557 g/mol. The van der Waals surface area contributed by atoms with E-state index in [1.807, 2.05) is 35.7 Å². The maximum atomic E-state index is 13.2. The summed E-state index contributed by atoms with van der Waals surface area (Å²) < 4.78 is 1.42. The van der Waals surface area contributed by atoms with E-state index in [0.717, 1.165) is 11.1 Å². The molecule has 3 heterocycles. The molecule has 41 heavy (non-hydrogen) atoms. The van der Waals surface area contributed by atoms with Gasteiger partial charge in [-0.2, -0.15) is 0 Å². The quantitative estimate of drug-likeness (QED) is 0.221. The second-order valence-corrected chi connectivity index (χ2v) is 11.6. The largest absolute Gasteiger partial charge is 0.399 e. The summed E-state index contributed by atoms with van der Waals surface area (Å²) in [5.74, 6) is 0.623. The summed E-state index contributed by atoms with van der Waals surface area (Å²) in [7, 11) is 0. The molecule has 0 aliphatic rings. The Bertz CT molecular complexity index is 2030. The van der Waals surface area contributed by atoms with Gasteiger partial charge in [-0.1, -0.05) is 36.4 Å². The van der Waals surface area contributed by atoms with Crippen LogP contribution in [0.3, 0.4) is 0 Å². The second kappa shape index (κ2) is 11.0. The minimum Gasteiger partial charge on any atom is -0.399 e. The predicted octanol–water partition coefficient (Wildman–Crippen LogP) is 5.19. The number of anilines is 2. The zero-order chi connectivity index (χ0) is 28.5. The van der Waals surface area contributed by atoms with Gasteiger partial charge in [-0.3, -0.25) is 19.0 Å². The van der Waals surface area contributed by atoms with Crippen molar-refractivity contribution in [1.82, 2.24) is 19.5 Å². The molecule has 1 atom stereocenters. The molecule has 6 aromatic rings. The molecule has 6 rings (SSSR count). The summed E-state index contributed by atoms with van der Waals surface area (Å²) in [4.78, 5) is 51.7. The molecule has 11 heteroatoms. The van der Waals surface area contributed by atoms with Gasteiger partial charge in [-0.15, -0.1) is 23.1 Å². The number of aromatic nitrogens is 4. The van der Waals surface area contributed by atoms with Crippen molar-refractivity contribution >= 4 is 61.5 Å². The summed E-state index contributed by atoms with van der Waals surface area (Å²) in [5.41, 5.74) is 9.37. The van der Waals surface area contributed by atoms with Crippen LogP contribution in [0.2, 0.25) is 0 Å². The van der Waals surface area contributed by atoms with Gasteiger partial charge in [-0.25, -0.2) is 9.97 Å². The first-order chi connectivity index (χ1) is 19.9. The fourth-order valence-corrected chi connectivity index (χ4v) is 6.20. The molecular formula is C30H24N6O3S2. The van der Waals surface area contributed by atoms with Crippen LogP contribution < -0.4 is 22.2 Å². The number of thioether (sulfide) groups is 1. The second-order valence-electron chi connectivity index (χ2n) is 9.40. The first kappa shape index (κ1) is 26.5. The number of carbonyl (C=O) groups is 1. The van der Waals surface area contributed by atoms with Gasteiger partial charge in [0.05, 0.1) is 33.0 Å². The Balaban J connectivity index is 1.16. The highest BCUT2D eigenvalue weighted by molar-refractivity contribution is 7.99. The first-order valence-corrected chi connectivity index (χ1v) is 14.7. The highest BCUT2D eigenvalue weighted by Crippen LogP contribution is 2.31. The number of hydrogen-bond donors (Lipinski definition) is 3. The van der Waals surface area contributed by atoms with Crippen LogP contribution >= 0.6 is 23.1 Å². The summed E-state index contributed by atoms with van der Waals surface area (Å²) in [6, 6.07) is 21.7. The van der Waals surface area contributed by atoms with Crippen LogP contribution in [-0.4, -0.2) is 30.7 Å². The van der Waals surface area contributed by atoms with Gasteiger partial charge in [0.25, 0.3) is 11.1 Å². The van der Waals surface area contributed by atoms with E-state index in [4.69, 9.17) is 5.73 Å². The number of amides is 1. The monoisotopic (exact) mass is 580 g/mol. The number of nitrogens with two attached hydrogens (primary N) is 1. The topological polar surface area (TPSA) is 136 Å². The Morgan fingerprint density at radius 1 is 1.10 bits per heavy atom. The first-order valence-electron chi connectivity index (χ1n) is 12.7. The van der Waals surface area contributed by atoms with Gasteiger partial charge in [0.2, 0.25) is 5.91 Å². The summed E-state index contributed by atoms with van der Waals surface area (Å²) >= 11 is 2.78. The van der Waals surface area contributed by atoms with Crippen molar-refractivity contribution in [3.63, 3.8) is 0 Å². The van der Waals surface area contributed by atoms with Crippen molar-refractivity contribution in [2.75, 3.05) is 11.1 Å². The SMILES string of the molecule is CC(SCc1nc2scc(-c3ccccc3)c2c(=O)[nH]1)C(=O)Nc1ccc2ncn(-c3cccc(N)c3)c(=O)c2c1. The molecule has 0 aliphatic heterocycles. The standard InChI is InChI=1S/C30H24N6O3S2/c1-17(40-15-25-34-28(38)26-23(14-41-29(26)35-25)18-6-3-2-4-7-18)27(37)33-20-10-11-24-22(13-20)30(39)36(16-32-24)21-9-5-8-19(31)12-21/h2-14,16-17H,15,31H2,1H3,(H,33,37)(H,34,35,38). The average molecular weight is 581 g/mol. The number of nitrogens with zero attached hydrogens (tertiary/aromatic N) is 3. The van der Waals surface area contributed by atoms with Crippen molar-refractivity contribution in [2.45, 2.75) is 17.9 Å². The Hall–Kier alpha value is -4.74. The maximum absolute atomic E-state index is 13.2. The van der Waals surface area contributed by atoms with Gasteiger partial charge in [-0.05, 0) is 48.9 Å².